The van der Waals surface area contributed by atoms with Gasteiger partial charge in [-0.1, -0.05) is 47.6 Å². The average molecular weight is 374 g/mol. The molecule has 4 nitrogen and oxygen atoms in total. The number of carbonyl (C=O) groups excluding carboxylic acids is 1. The highest BCUT2D eigenvalue weighted by atomic mass is 19.1. The van der Waals surface area contributed by atoms with Gasteiger partial charge in [-0.3, -0.25) is 4.79 Å². The maximum atomic E-state index is 13.5. The number of aromatic nitrogens is 1. The summed E-state index contributed by atoms with van der Waals surface area (Å²) in [6.07, 6.45) is 1.18. The number of nitrogens with zero attached hydrogens (tertiary/aromatic N) is 1. The molecule has 5 heteroatoms. The molecular weight excluding hydrogens is 355 g/mol. The van der Waals surface area contributed by atoms with Crippen LogP contribution in [0.15, 0.2) is 70.4 Å². The molecule has 0 radical (unpaired) electrons. The monoisotopic (exact) mass is 374 g/mol. The summed E-state index contributed by atoms with van der Waals surface area (Å²) in [7, 11) is 0. The Morgan fingerprint density at radius 2 is 1.79 bits per heavy atom. The van der Waals surface area contributed by atoms with Gasteiger partial charge in [-0.05, 0) is 42.5 Å². The lowest BCUT2D eigenvalue weighted by atomic mass is 9.72. The first-order valence-corrected chi connectivity index (χ1v) is 9.41. The van der Waals surface area contributed by atoms with E-state index >= 15 is 0 Å². The molecule has 2 aliphatic rings. The molecule has 0 spiro atoms. The van der Waals surface area contributed by atoms with Gasteiger partial charge in [0.1, 0.15) is 5.82 Å². The van der Waals surface area contributed by atoms with Gasteiger partial charge in [0.15, 0.2) is 5.78 Å². The van der Waals surface area contributed by atoms with Crippen molar-refractivity contribution in [1.29, 1.82) is 0 Å². The highest BCUT2D eigenvalue weighted by Crippen LogP contribution is 2.48. The number of hydrogen-bond acceptors (Lipinski definition) is 4. The SMILES string of the molecule is Cc1noc2c1[C@H](c1ccc(F)cc1)C1=C(C[C@H](c3ccccc3)CC1=O)N2. The molecule has 5 rings (SSSR count). The Hall–Kier alpha value is -3.21. The zero-order valence-corrected chi connectivity index (χ0v) is 15.4. The van der Waals surface area contributed by atoms with Gasteiger partial charge < -0.3 is 9.84 Å². The van der Waals surface area contributed by atoms with E-state index in [4.69, 9.17) is 4.52 Å². The molecule has 1 aliphatic heterocycles. The molecule has 3 aromatic rings. The molecule has 0 saturated carbocycles. The maximum absolute atomic E-state index is 13.5. The second-order valence-corrected chi connectivity index (χ2v) is 7.45. The van der Waals surface area contributed by atoms with Crippen LogP contribution in [-0.4, -0.2) is 10.9 Å². The van der Waals surface area contributed by atoms with Crippen molar-refractivity contribution in [2.45, 2.75) is 31.6 Å². The van der Waals surface area contributed by atoms with Crippen LogP contribution < -0.4 is 5.32 Å². The predicted octanol–water partition coefficient (Wildman–Crippen LogP) is 5.08. The van der Waals surface area contributed by atoms with Crippen LogP contribution in [0.25, 0.3) is 0 Å². The largest absolute Gasteiger partial charge is 0.338 e. The molecule has 0 bridgehead atoms. The van der Waals surface area contributed by atoms with Gasteiger partial charge in [0.25, 0.3) is 0 Å². The Morgan fingerprint density at radius 1 is 1.04 bits per heavy atom. The fraction of sp³-hybridized carbons (Fsp3) is 0.217. The molecule has 0 unspecified atom stereocenters. The lowest BCUT2D eigenvalue weighted by molar-refractivity contribution is -0.116. The zero-order valence-electron chi connectivity index (χ0n) is 15.4. The highest BCUT2D eigenvalue weighted by molar-refractivity contribution is 6.01. The van der Waals surface area contributed by atoms with Crippen LogP contribution in [0.1, 0.15) is 47.1 Å². The van der Waals surface area contributed by atoms with E-state index in [1.807, 2.05) is 25.1 Å². The molecule has 140 valence electrons. The van der Waals surface area contributed by atoms with Crippen molar-refractivity contribution >= 4 is 11.7 Å². The minimum atomic E-state index is -0.298. The highest BCUT2D eigenvalue weighted by Gasteiger charge is 2.41. The first-order chi connectivity index (χ1) is 13.6. The Kier molecular flexibility index (Phi) is 3.90. The number of anilines is 1. The van der Waals surface area contributed by atoms with Gasteiger partial charge in [0.05, 0.1) is 11.3 Å². The summed E-state index contributed by atoms with van der Waals surface area (Å²) in [6, 6.07) is 16.4. The summed E-state index contributed by atoms with van der Waals surface area (Å²) in [5.74, 6) is 0.227. The van der Waals surface area contributed by atoms with Crippen LogP contribution in [0.5, 0.6) is 0 Å². The Bertz CT molecular complexity index is 1080. The van der Waals surface area contributed by atoms with Crippen molar-refractivity contribution < 1.29 is 13.7 Å². The van der Waals surface area contributed by atoms with E-state index in [1.165, 1.54) is 12.1 Å². The first-order valence-electron chi connectivity index (χ1n) is 9.41. The van der Waals surface area contributed by atoms with Crippen LogP contribution in [0, 0.1) is 12.7 Å². The quantitative estimate of drug-likeness (QED) is 0.680. The Balaban J connectivity index is 1.63. The molecule has 1 aliphatic carbocycles. The fourth-order valence-electron chi connectivity index (χ4n) is 4.42. The second-order valence-electron chi connectivity index (χ2n) is 7.45. The van der Waals surface area contributed by atoms with Crippen LogP contribution in [0.2, 0.25) is 0 Å². The lowest BCUT2D eigenvalue weighted by Gasteiger charge is -2.34. The van der Waals surface area contributed by atoms with Gasteiger partial charge >= 0.3 is 0 Å². The number of hydrogen-bond donors (Lipinski definition) is 1. The van der Waals surface area contributed by atoms with Gasteiger partial charge in [0.2, 0.25) is 5.88 Å². The average Bonchev–Trinajstić information content (AvgIpc) is 3.08. The number of benzene rings is 2. The number of Topliss-reactive ketones (excluding diaryl/α,β-unsaturated/α-hetero) is 1. The van der Waals surface area contributed by atoms with E-state index in [-0.39, 0.29) is 23.4 Å². The molecule has 1 N–H and O–H groups in total. The third-order valence-electron chi connectivity index (χ3n) is 5.73. The molecule has 1 aromatic heterocycles. The molecule has 2 heterocycles. The molecule has 2 aromatic carbocycles. The van der Waals surface area contributed by atoms with E-state index in [2.05, 4.69) is 22.6 Å². The molecule has 2 atom stereocenters. The molecular formula is C23H19FN2O2. The number of fused-ring (bicyclic) bond motifs is 1. The molecule has 0 fully saturated rings. The van der Waals surface area contributed by atoms with E-state index < -0.39 is 0 Å². The van der Waals surface area contributed by atoms with Crippen molar-refractivity contribution in [2.24, 2.45) is 0 Å². The Labute approximate surface area is 162 Å². The number of allylic oxidation sites excluding steroid dienone is 2. The molecule has 0 amide bonds. The van der Waals surface area contributed by atoms with Crippen LogP contribution in [0.3, 0.4) is 0 Å². The zero-order chi connectivity index (χ0) is 19.3. The normalized spacial score (nSPS) is 21.1. The predicted molar refractivity (Wildman–Crippen MR) is 104 cm³/mol. The minimum Gasteiger partial charge on any atom is -0.338 e. The number of nitrogens with one attached hydrogen (secondary N) is 1. The smallest absolute Gasteiger partial charge is 0.233 e. The lowest BCUT2D eigenvalue weighted by Crippen LogP contribution is -2.29. The number of ketones is 1. The van der Waals surface area contributed by atoms with Gasteiger partial charge in [0, 0.05) is 23.6 Å². The first kappa shape index (κ1) is 16.9. The molecule has 28 heavy (non-hydrogen) atoms. The number of rotatable bonds is 2. The van der Waals surface area contributed by atoms with E-state index in [0.717, 1.165) is 40.1 Å². The maximum Gasteiger partial charge on any atom is 0.233 e. The van der Waals surface area contributed by atoms with Gasteiger partial charge in [-0.25, -0.2) is 4.39 Å². The third-order valence-corrected chi connectivity index (χ3v) is 5.73. The van der Waals surface area contributed by atoms with E-state index in [0.29, 0.717) is 12.3 Å². The van der Waals surface area contributed by atoms with Crippen molar-refractivity contribution in [1.82, 2.24) is 5.16 Å². The summed E-state index contributed by atoms with van der Waals surface area (Å²) in [6.45, 7) is 1.87. The van der Waals surface area contributed by atoms with Gasteiger partial charge in [-0.15, -0.1) is 0 Å². The van der Waals surface area contributed by atoms with Crippen molar-refractivity contribution in [2.75, 3.05) is 5.32 Å². The fourth-order valence-corrected chi connectivity index (χ4v) is 4.42. The van der Waals surface area contributed by atoms with Crippen molar-refractivity contribution in [3.05, 3.63) is 94.1 Å². The van der Waals surface area contributed by atoms with Crippen molar-refractivity contribution in [3.63, 3.8) is 0 Å². The topological polar surface area (TPSA) is 55.1 Å². The van der Waals surface area contributed by atoms with Gasteiger partial charge in [-0.2, -0.15) is 0 Å². The summed E-state index contributed by atoms with van der Waals surface area (Å²) < 4.78 is 19.0. The van der Waals surface area contributed by atoms with Crippen LogP contribution >= 0.6 is 0 Å². The van der Waals surface area contributed by atoms with Crippen LogP contribution in [0.4, 0.5) is 10.3 Å². The number of halogens is 1. The summed E-state index contributed by atoms with van der Waals surface area (Å²) in [4.78, 5) is 13.3. The van der Waals surface area contributed by atoms with Crippen molar-refractivity contribution in [3.8, 4) is 0 Å². The number of carbonyl (C=O) groups is 1. The van der Waals surface area contributed by atoms with E-state index in [9.17, 15) is 9.18 Å². The Morgan fingerprint density at radius 3 is 2.54 bits per heavy atom. The standard InChI is InChI=1S/C23H19FN2O2/c1-13-20-21(15-7-9-17(24)10-8-15)22-18(25-23(20)28-26-13)11-16(12-19(22)27)14-5-3-2-4-6-14/h2-10,16,21,25H,11-12H2,1H3/t16-,21-/m0/s1. The second kappa shape index (κ2) is 6.44. The molecule has 0 saturated heterocycles. The number of aryl methyl sites for hydroxylation is 1. The van der Waals surface area contributed by atoms with E-state index in [1.54, 1.807) is 12.1 Å². The summed E-state index contributed by atoms with van der Waals surface area (Å²) >= 11 is 0. The minimum absolute atomic E-state index is 0.114. The summed E-state index contributed by atoms with van der Waals surface area (Å²) in [5.41, 5.74) is 5.25. The summed E-state index contributed by atoms with van der Waals surface area (Å²) in [5, 5.41) is 7.42. The van der Waals surface area contributed by atoms with Crippen LogP contribution in [-0.2, 0) is 4.79 Å². The third kappa shape index (κ3) is 2.66.